The molecule has 0 fully saturated rings. The summed E-state index contributed by atoms with van der Waals surface area (Å²) in [7, 11) is 3.02. The largest absolute Gasteiger partial charge is 0.504 e. The van der Waals surface area contributed by atoms with E-state index < -0.39 is 0 Å². The lowest BCUT2D eigenvalue weighted by Crippen LogP contribution is -2.00. The lowest BCUT2D eigenvalue weighted by molar-refractivity contribution is 0.373. The average Bonchev–Trinajstić information content (AvgIpc) is 2.55. The molecule has 0 aliphatic heterocycles. The van der Waals surface area contributed by atoms with Gasteiger partial charge in [-0.15, -0.1) is 0 Å². The lowest BCUT2D eigenvalue weighted by atomic mass is 10.1. The fraction of sp³-hybridized carbons (Fsp3) is 0.118. The molecule has 22 heavy (non-hydrogen) atoms. The number of rotatable bonds is 3. The third-order valence-electron chi connectivity index (χ3n) is 3.40. The van der Waals surface area contributed by atoms with E-state index in [1.165, 1.54) is 25.3 Å². The highest BCUT2D eigenvalue weighted by Crippen LogP contribution is 2.32. The van der Waals surface area contributed by atoms with Crippen LogP contribution < -0.4 is 14.9 Å². The number of aromatic hydroxyl groups is 1. The van der Waals surface area contributed by atoms with Gasteiger partial charge in [0, 0.05) is 17.7 Å². The van der Waals surface area contributed by atoms with Crippen molar-refractivity contribution in [1.82, 2.24) is 0 Å². The van der Waals surface area contributed by atoms with Crippen molar-refractivity contribution in [2.75, 3.05) is 14.2 Å². The molecule has 0 saturated carbocycles. The molecule has 2 aromatic carbocycles. The van der Waals surface area contributed by atoms with Crippen molar-refractivity contribution in [3.63, 3.8) is 0 Å². The Hall–Kier alpha value is -2.95. The molecule has 1 heterocycles. The number of fused-ring (bicyclic) bond motifs is 1. The number of phenolic OH excluding ortho intramolecular Hbond substituents is 1. The molecule has 0 radical (unpaired) electrons. The molecule has 5 heteroatoms. The molecule has 1 aromatic heterocycles. The Morgan fingerprint density at radius 3 is 2.36 bits per heavy atom. The molecule has 0 amide bonds. The van der Waals surface area contributed by atoms with Crippen molar-refractivity contribution >= 4 is 11.0 Å². The van der Waals surface area contributed by atoms with Crippen LogP contribution in [0, 0.1) is 0 Å². The van der Waals surface area contributed by atoms with Gasteiger partial charge in [0.25, 0.3) is 0 Å². The smallest absolute Gasteiger partial charge is 0.193 e. The number of hydrogen-bond donors (Lipinski definition) is 1. The van der Waals surface area contributed by atoms with Gasteiger partial charge in [0.15, 0.2) is 16.9 Å². The van der Waals surface area contributed by atoms with Crippen LogP contribution in [0.2, 0.25) is 0 Å². The minimum atomic E-state index is -0.231. The molecule has 0 atom stereocenters. The Bertz CT molecular complexity index is 878. The van der Waals surface area contributed by atoms with Crippen LogP contribution in [0.5, 0.6) is 17.2 Å². The predicted molar refractivity (Wildman–Crippen MR) is 82.7 cm³/mol. The Balaban J connectivity index is 2.18. The zero-order valence-corrected chi connectivity index (χ0v) is 12.1. The quantitative estimate of drug-likeness (QED) is 0.804. The third-order valence-corrected chi connectivity index (χ3v) is 3.40. The van der Waals surface area contributed by atoms with Crippen LogP contribution in [0.15, 0.2) is 51.7 Å². The van der Waals surface area contributed by atoms with Crippen molar-refractivity contribution in [2.24, 2.45) is 0 Å². The first-order valence-electron chi connectivity index (χ1n) is 6.61. The van der Waals surface area contributed by atoms with E-state index >= 15 is 0 Å². The van der Waals surface area contributed by atoms with E-state index in [1.54, 1.807) is 31.4 Å². The van der Waals surface area contributed by atoms with Crippen molar-refractivity contribution in [3.05, 3.63) is 52.7 Å². The van der Waals surface area contributed by atoms with Crippen molar-refractivity contribution < 1.29 is 19.0 Å². The summed E-state index contributed by atoms with van der Waals surface area (Å²) in [4.78, 5) is 12.2. The molecule has 0 aliphatic rings. The van der Waals surface area contributed by atoms with Gasteiger partial charge in [-0.05, 0) is 30.3 Å². The summed E-state index contributed by atoms with van der Waals surface area (Å²) in [6.45, 7) is 0. The highest BCUT2D eigenvalue weighted by molar-refractivity contribution is 5.82. The Labute approximate surface area is 126 Å². The molecule has 0 unspecified atom stereocenters. The Morgan fingerprint density at radius 2 is 1.73 bits per heavy atom. The molecule has 1 N–H and O–H groups in total. The number of ether oxygens (including phenoxy) is 2. The standard InChI is InChI=1S/C17H14O5/c1-20-11-5-3-10(4-6-11)15-8-13(18)12-7-14(19)17(21-2)9-16(12)22-15/h3-9,19H,1-2H3. The molecular formula is C17H14O5. The summed E-state index contributed by atoms with van der Waals surface area (Å²) >= 11 is 0. The maximum absolute atomic E-state index is 12.2. The zero-order valence-electron chi connectivity index (χ0n) is 12.1. The fourth-order valence-corrected chi connectivity index (χ4v) is 2.23. The van der Waals surface area contributed by atoms with Crippen molar-refractivity contribution in [3.8, 4) is 28.6 Å². The van der Waals surface area contributed by atoms with Gasteiger partial charge in [-0.1, -0.05) is 0 Å². The summed E-state index contributed by atoms with van der Waals surface area (Å²) < 4.78 is 15.9. The highest BCUT2D eigenvalue weighted by Gasteiger charge is 2.11. The zero-order chi connectivity index (χ0) is 15.7. The first-order valence-corrected chi connectivity index (χ1v) is 6.61. The molecule has 0 aliphatic carbocycles. The van der Waals surface area contributed by atoms with Gasteiger partial charge in [0.05, 0.1) is 19.6 Å². The number of methoxy groups -OCH3 is 2. The number of benzene rings is 2. The van der Waals surface area contributed by atoms with E-state index in [0.717, 1.165) is 11.3 Å². The van der Waals surface area contributed by atoms with Gasteiger partial charge in [0.2, 0.25) is 0 Å². The molecule has 0 bridgehead atoms. The summed E-state index contributed by atoms with van der Waals surface area (Å²) in [5.74, 6) is 1.31. The van der Waals surface area contributed by atoms with Gasteiger partial charge in [0.1, 0.15) is 17.1 Å². The van der Waals surface area contributed by atoms with Crippen molar-refractivity contribution in [2.45, 2.75) is 0 Å². The average molecular weight is 298 g/mol. The maximum Gasteiger partial charge on any atom is 0.193 e. The van der Waals surface area contributed by atoms with E-state index in [4.69, 9.17) is 13.9 Å². The van der Waals surface area contributed by atoms with Crippen molar-refractivity contribution in [1.29, 1.82) is 0 Å². The van der Waals surface area contributed by atoms with Gasteiger partial charge >= 0.3 is 0 Å². The number of phenols is 1. The first kappa shape index (κ1) is 14.0. The Morgan fingerprint density at radius 1 is 1.00 bits per heavy atom. The van der Waals surface area contributed by atoms with Gasteiger partial charge in [-0.3, -0.25) is 4.79 Å². The molecule has 0 spiro atoms. The molecule has 0 saturated heterocycles. The van der Waals surface area contributed by atoms with E-state index in [2.05, 4.69) is 0 Å². The number of hydrogen-bond acceptors (Lipinski definition) is 5. The van der Waals surface area contributed by atoms with Gasteiger partial charge in [-0.2, -0.15) is 0 Å². The second-order valence-corrected chi connectivity index (χ2v) is 4.72. The van der Waals surface area contributed by atoms with Crippen LogP contribution >= 0.6 is 0 Å². The van der Waals surface area contributed by atoms with Crippen LogP contribution in [0.1, 0.15) is 0 Å². The third kappa shape index (κ3) is 2.37. The van der Waals surface area contributed by atoms with Gasteiger partial charge in [-0.25, -0.2) is 0 Å². The normalized spacial score (nSPS) is 10.6. The topological polar surface area (TPSA) is 68.9 Å². The van der Waals surface area contributed by atoms with E-state index in [9.17, 15) is 9.90 Å². The van der Waals surface area contributed by atoms with Crippen LogP contribution in [-0.4, -0.2) is 19.3 Å². The van der Waals surface area contributed by atoms with E-state index in [-0.39, 0.29) is 16.9 Å². The first-order chi connectivity index (χ1) is 10.6. The van der Waals surface area contributed by atoms with Crippen LogP contribution in [0.4, 0.5) is 0 Å². The maximum atomic E-state index is 12.2. The van der Waals surface area contributed by atoms with Gasteiger partial charge < -0.3 is 19.0 Å². The monoisotopic (exact) mass is 298 g/mol. The van der Waals surface area contributed by atoms with E-state index in [1.807, 2.05) is 0 Å². The summed E-state index contributed by atoms with van der Waals surface area (Å²) in [6, 6.07) is 11.4. The molecule has 112 valence electrons. The molecule has 3 rings (SSSR count). The molecule has 3 aromatic rings. The molecular weight excluding hydrogens is 284 g/mol. The SMILES string of the molecule is COc1ccc(-c2cc(=O)c3cc(O)c(OC)cc3o2)cc1. The fourth-order valence-electron chi connectivity index (χ4n) is 2.23. The lowest BCUT2D eigenvalue weighted by Gasteiger charge is -2.07. The summed E-state index contributed by atoms with van der Waals surface area (Å²) in [5.41, 5.74) is 0.879. The predicted octanol–water partition coefficient (Wildman–Crippen LogP) is 3.18. The Kier molecular flexibility index (Phi) is 3.47. The minimum absolute atomic E-state index is 0.0977. The van der Waals surface area contributed by atoms with Crippen LogP contribution in [-0.2, 0) is 0 Å². The van der Waals surface area contributed by atoms with Crippen LogP contribution in [0.25, 0.3) is 22.3 Å². The second-order valence-electron chi connectivity index (χ2n) is 4.72. The minimum Gasteiger partial charge on any atom is -0.504 e. The highest BCUT2D eigenvalue weighted by atomic mass is 16.5. The van der Waals surface area contributed by atoms with Crippen LogP contribution in [0.3, 0.4) is 0 Å². The molecule has 5 nitrogen and oxygen atoms in total. The summed E-state index contributed by atoms with van der Waals surface area (Å²) in [5, 5.41) is 10.1. The van der Waals surface area contributed by atoms with E-state index in [0.29, 0.717) is 16.7 Å². The summed E-state index contributed by atoms with van der Waals surface area (Å²) in [6.07, 6.45) is 0. The second kappa shape index (κ2) is 5.44.